The molecule has 0 aromatic heterocycles. The highest BCUT2D eigenvalue weighted by atomic mass is 79.9. The summed E-state index contributed by atoms with van der Waals surface area (Å²) < 4.78 is 28.4. The molecule has 0 bridgehead atoms. The van der Waals surface area contributed by atoms with Crippen LogP contribution in [0.5, 0.6) is 0 Å². The van der Waals surface area contributed by atoms with Gasteiger partial charge >= 0.3 is 0 Å². The molecule has 4 heteroatoms. The van der Waals surface area contributed by atoms with E-state index in [1.54, 1.807) is 36.4 Å². The van der Waals surface area contributed by atoms with Gasteiger partial charge in [-0.3, -0.25) is 0 Å². The monoisotopic (exact) mass is 372 g/mol. The van der Waals surface area contributed by atoms with E-state index in [0.29, 0.717) is 20.1 Å². The minimum Gasteiger partial charge on any atom is -0.206 e. The number of rotatable bonds is 2. The Kier molecular flexibility index (Phi) is 4.30. The molecule has 0 saturated carbocycles. The van der Waals surface area contributed by atoms with Crippen molar-refractivity contribution in [1.82, 2.24) is 0 Å². The van der Waals surface area contributed by atoms with Crippen molar-refractivity contribution in [3.63, 3.8) is 0 Å². The van der Waals surface area contributed by atoms with Crippen LogP contribution in [0.1, 0.15) is 11.1 Å². The molecule has 0 spiro atoms. The molecule has 0 nitrogen and oxygen atoms in total. The minimum absolute atomic E-state index is 0.349. The van der Waals surface area contributed by atoms with Gasteiger partial charge in [-0.25, -0.2) is 8.78 Å². The summed E-state index contributed by atoms with van der Waals surface area (Å²) in [6.45, 7) is 0. The molecule has 0 N–H and O–H groups in total. The molecule has 0 amide bonds. The molecule has 2 aromatic carbocycles. The second kappa shape index (κ2) is 5.76. The van der Waals surface area contributed by atoms with Crippen LogP contribution < -0.4 is 0 Å². The summed E-state index contributed by atoms with van der Waals surface area (Å²) in [6, 6.07) is 9.48. The topological polar surface area (TPSA) is 0 Å². The molecule has 0 fully saturated rings. The van der Waals surface area contributed by atoms with Gasteiger partial charge in [0.15, 0.2) is 0 Å². The predicted octanol–water partition coefficient (Wildman–Crippen LogP) is 5.66. The second-order valence-corrected chi connectivity index (χ2v) is 5.50. The lowest BCUT2D eigenvalue weighted by atomic mass is 10.1. The lowest BCUT2D eigenvalue weighted by molar-refractivity contribution is 0.622. The first-order valence-electron chi connectivity index (χ1n) is 5.14. The zero-order valence-electron chi connectivity index (χ0n) is 9.13. The summed E-state index contributed by atoms with van der Waals surface area (Å²) in [4.78, 5) is 0. The Bertz CT molecular complexity index is 553. The molecule has 2 aromatic rings. The normalized spacial score (nSPS) is 11.1. The maximum absolute atomic E-state index is 13.5. The van der Waals surface area contributed by atoms with E-state index < -0.39 is 0 Å². The highest BCUT2D eigenvalue weighted by molar-refractivity contribution is 9.10. The maximum atomic E-state index is 13.5. The van der Waals surface area contributed by atoms with Gasteiger partial charge < -0.3 is 0 Å². The van der Waals surface area contributed by atoms with E-state index in [9.17, 15) is 8.78 Å². The summed E-state index contributed by atoms with van der Waals surface area (Å²) >= 11 is 6.37. The van der Waals surface area contributed by atoms with E-state index in [0.717, 1.165) is 0 Å². The van der Waals surface area contributed by atoms with Gasteiger partial charge in [-0.15, -0.1) is 0 Å². The average molecular weight is 374 g/mol. The van der Waals surface area contributed by atoms with Crippen molar-refractivity contribution in [3.05, 3.63) is 68.1 Å². The first-order chi connectivity index (χ1) is 8.56. The molecule has 0 heterocycles. The molecule has 92 valence electrons. The summed E-state index contributed by atoms with van der Waals surface area (Å²) in [5.74, 6) is -0.698. The van der Waals surface area contributed by atoms with Gasteiger partial charge in [-0.1, -0.05) is 56.1 Å². The maximum Gasteiger partial charge on any atom is 0.131 e. The van der Waals surface area contributed by atoms with E-state index >= 15 is 0 Å². The minimum atomic E-state index is -0.349. The fraction of sp³-hybridized carbons (Fsp3) is 0. The first kappa shape index (κ1) is 13.4. The molecule has 0 unspecified atom stereocenters. The number of hydrogen-bond donors (Lipinski definition) is 0. The molecule has 0 aliphatic carbocycles. The smallest absolute Gasteiger partial charge is 0.131 e. The van der Waals surface area contributed by atoms with Crippen LogP contribution in [-0.2, 0) is 0 Å². The molecule has 0 radical (unpaired) electrons. The van der Waals surface area contributed by atoms with E-state index in [2.05, 4.69) is 31.9 Å². The summed E-state index contributed by atoms with van der Waals surface area (Å²) in [6.07, 6.45) is 3.10. The summed E-state index contributed by atoms with van der Waals surface area (Å²) in [7, 11) is 0. The van der Waals surface area contributed by atoms with Crippen molar-refractivity contribution < 1.29 is 8.78 Å². The van der Waals surface area contributed by atoms with E-state index in [1.165, 1.54) is 12.1 Å². The Labute approximate surface area is 121 Å². The molecule has 0 aliphatic heterocycles. The van der Waals surface area contributed by atoms with Crippen molar-refractivity contribution in [3.8, 4) is 0 Å². The fourth-order valence-electron chi connectivity index (χ4n) is 1.45. The van der Waals surface area contributed by atoms with Crippen molar-refractivity contribution in [2.75, 3.05) is 0 Å². The SMILES string of the molecule is Fc1cc(Br)ccc1/C=C/c1ccc(Br)cc1F. The number of halogens is 4. The standard InChI is InChI=1S/C14H8Br2F2/c15-11-5-3-9(13(17)7-11)1-2-10-4-6-12(16)8-14(10)18/h1-8H/b2-1+. The quantitative estimate of drug-likeness (QED) is 0.596. The number of hydrogen-bond acceptors (Lipinski definition) is 0. The van der Waals surface area contributed by atoms with Crippen LogP contribution in [0.2, 0.25) is 0 Å². The van der Waals surface area contributed by atoms with Gasteiger partial charge in [0.05, 0.1) is 0 Å². The third-order valence-electron chi connectivity index (χ3n) is 2.37. The fourth-order valence-corrected chi connectivity index (χ4v) is 2.12. The van der Waals surface area contributed by atoms with E-state index in [1.807, 2.05) is 0 Å². The Balaban J connectivity index is 2.30. The van der Waals surface area contributed by atoms with Crippen LogP contribution in [0.3, 0.4) is 0 Å². The van der Waals surface area contributed by atoms with Crippen LogP contribution >= 0.6 is 31.9 Å². The second-order valence-electron chi connectivity index (χ2n) is 3.67. The van der Waals surface area contributed by atoms with Crippen LogP contribution in [0.25, 0.3) is 12.2 Å². The van der Waals surface area contributed by atoms with Gasteiger partial charge in [0.1, 0.15) is 11.6 Å². The van der Waals surface area contributed by atoms with Crippen LogP contribution in [0, 0.1) is 11.6 Å². The zero-order valence-corrected chi connectivity index (χ0v) is 12.3. The largest absolute Gasteiger partial charge is 0.206 e. The van der Waals surface area contributed by atoms with E-state index in [4.69, 9.17) is 0 Å². The lowest BCUT2D eigenvalue weighted by Gasteiger charge is -1.99. The Morgan fingerprint density at radius 2 is 1.11 bits per heavy atom. The summed E-state index contributed by atoms with van der Waals surface area (Å²) in [5, 5.41) is 0. The van der Waals surface area contributed by atoms with Crippen molar-refractivity contribution >= 4 is 44.0 Å². The Hall–Kier alpha value is -1.00. The predicted molar refractivity (Wildman–Crippen MR) is 77.1 cm³/mol. The van der Waals surface area contributed by atoms with Gasteiger partial charge in [-0.2, -0.15) is 0 Å². The molecule has 2 rings (SSSR count). The van der Waals surface area contributed by atoms with Gasteiger partial charge in [0, 0.05) is 20.1 Å². The van der Waals surface area contributed by atoms with Gasteiger partial charge in [0.25, 0.3) is 0 Å². The van der Waals surface area contributed by atoms with Gasteiger partial charge in [-0.05, 0) is 24.3 Å². The third-order valence-corrected chi connectivity index (χ3v) is 3.35. The van der Waals surface area contributed by atoms with Crippen LogP contribution in [-0.4, -0.2) is 0 Å². The third kappa shape index (κ3) is 3.27. The zero-order chi connectivity index (χ0) is 13.1. The van der Waals surface area contributed by atoms with Crippen molar-refractivity contribution in [1.29, 1.82) is 0 Å². The van der Waals surface area contributed by atoms with Crippen molar-refractivity contribution in [2.24, 2.45) is 0 Å². The lowest BCUT2D eigenvalue weighted by Crippen LogP contribution is -1.83. The molecule has 0 atom stereocenters. The summed E-state index contributed by atoms with van der Waals surface area (Å²) in [5.41, 5.74) is 0.834. The Morgan fingerprint density at radius 3 is 1.44 bits per heavy atom. The average Bonchev–Trinajstić information content (AvgIpc) is 2.30. The van der Waals surface area contributed by atoms with Crippen molar-refractivity contribution in [2.45, 2.75) is 0 Å². The molecule has 0 saturated heterocycles. The highest BCUT2D eigenvalue weighted by Gasteiger charge is 2.01. The van der Waals surface area contributed by atoms with Crippen LogP contribution in [0.15, 0.2) is 45.3 Å². The first-order valence-corrected chi connectivity index (χ1v) is 6.73. The van der Waals surface area contributed by atoms with Crippen LogP contribution in [0.4, 0.5) is 8.78 Å². The highest BCUT2D eigenvalue weighted by Crippen LogP contribution is 2.20. The van der Waals surface area contributed by atoms with E-state index in [-0.39, 0.29) is 11.6 Å². The Morgan fingerprint density at radius 1 is 0.722 bits per heavy atom. The molecule has 0 aliphatic rings. The molecular formula is C14H8Br2F2. The molecule has 18 heavy (non-hydrogen) atoms. The number of benzene rings is 2. The molecular weight excluding hydrogens is 366 g/mol. The van der Waals surface area contributed by atoms with Gasteiger partial charge in [0.2, 0.25) is 0 Å².